The van der Waals surface area contributed by atoms with Gasteiger partial charge in [0.15, 0.2) is 11.6 Å². The molecule has 0 saturated carbocycles. The van der Waals surface area contributed by atoms with Crippen LogP contribution in [-0.4, -0.2) is 85.2 Å². The molecule has 0 radical (unpaired) electrons. The number of nitrogens with one attached hydrogen (secondary N) is 1. The maximum atomic E-state index is 15.0. The van der Waals surface area contributed by atoms with Gasteiger partial charge in [0, 0.05) is 44.0 Å². The molecular formula is C31H36F4N8O. The summed E-state index contributed by atoms with van der Waals surface area (Å²) in [5.41, 5.74) is 1.63. The van der Waals surface area contributed by atoms with Gasteiger partial charge in [-0.3, -0.25) is 9.80 Å². The Kier molecular flexibility index (Phi) is 8.05. The number of aromatic nitrogens is 5. The molecular weight excluding hydrogens is 576 g/mol. The molecule has 5 heterocycles. The number of hydrogen-bond donors (Lipinski definition) is 1. The molecule has 3 aromatic heterocycles. The number of benzene rings is 1. The quantitative estimate of drug-likeness (QED) is 0.240. The molecule has 0 unspecified atom stereocenters. The van der Waals surface area contributed by atoms with Crippen molar-refractivity contribution in [3.05, 3.63) is 59.7 Å². The van der Waals surface area contributed by atoms with Crippen molar-refractivity contribution in [2.45, 2.75) is 58.2 Å². The highest BCUT2D eigenvalue weighted by Gasteiger charge is 2.44. The van der Waals surface area contributed by atoms with E-state index in [2.05, 4.69) is 30.2 Å². The normalized spacial score (nSPS) is 20.8. The first-order valence-corrected chi connectivity index (χ1v) is 14.8. The number of rotatable bonds is 9. The topological polar surface area (TPSA) is 84.2 Å². The summed E-state index contributed by atoms with van der Waals surface area (Å²) in [7, 11) is 0. The predicted molar refractivity (Wildman–Crippen MR) is 159 cm³/mol. The summed E-state index contributed by atoms with van der Waals surface area (Å²) in [6.07, 6.45) is 3.48. The van der Waals surface area contributed by atoms with Crippen molar-refractivity contribution in [1.82, 2.24) is 34.3 Å². The van der Waals surface area contributed by atoms with Crippen LogP contribution in [-0.2, 0) is 11.3 Å². The Labute approximate surface area is 253 Å². The molecule has 0 aliphatic carbocycles. The predicted octanol–water partition coefficient (Wildman–Crippen LogP) is 5.73. The third kappa shape index (κ3) is 6.40. The van der Waals surface area contributed by atoms with Gasteiger partial charge in [-0.1, -0.05) is 6.07 Å². The monoisotopic (exact) mass is 612 g/mol. The fourth-order valence-electron chi connectivity index (χ4n) is 6.12. The van der Waals surface area contributed by atoms with Gasteiger partial charge < -0.3 is 14.6 Å². The first kappa shape index (κ1) is 30.4. The van der Waals surface area contributed by atoms with E-state index in [1.54, 1.807) is 23.2 Å². The minimum Gasteiger partial charge on any atom is -0.373 e. The van der Waals surface area contributed by atoms with E-state index in [0.717, 1.165) is 18.3 Å². The van der Waals surface area contributed by atoms with Gasteiger partial charge in [-0.25, -0.2) is 37.5 Å². The fraction of sp³-hybridized carbons (Fsp3) is 0.484. The number of morpholine rings is 1. The average Bonchev–Trinajstić information content (AvgIpc) is 3.29. The van der Waals surface area contributed by atoms with E-state index < -0.39 is 23.2 Å². The summed E-state index contributed by atoms with van der Waals surface area (Å²) in [4.78, 5) is 21.3. The maximum absolute atomic E-state index is 15.0. The van der Waals surface area contributed by atoms with E-state index in [-0.39, 0.29) is 41.9 Å². The number of fused-ring (bicyclic) bond motifs is 1. The molecule has 0 spiro atoms. The van der Waals surface area contributed by atoms with E-state index in [0.29, 0.717) is 49.8 Å². The van der Waals surface area contributed by atoms with Crippen molar-refractivity contribution >= 4 is 22.8 Å². The van der Waals surface area contributed by atoms with Gasteiger partial charge in [0.2, 0.25) is 5.95 Å². The zero-order valence-corrected chi connectivity index (χ0v) is 25.2. The van der Waals surface area contributed by atoms with Gasteiger partial charge in [0.05, 0.1) is 37.0 Å². The number of pyridine rings is 1. The third-order valence-electron chi connectivity index (χ3n) is 8.21. The molecule has 2 fully saturated rings. The Bertz CT molecular complexity index is 1650. The Hall–Kier alpha value is -3.68. The molecule has 44 heavy (non-hydrogen) atoms. The van der Waals surface area contributed by atoms with Crippen LogP contribution < -0.4 is 5.32 Å². The van der Waals surface area contributed by atoms with Crippen molar-refractivity contribution in [2.75, 3.05) is 44.6 Å². The summed E-state index contributed by atoms with van der Waals surface area (Å²) in [5.74, 6) is -2.52. The lowest BCUT2D eigenvalue weighted by Crippen LogP contribution is -2.58. The van der Waals surface area contributed by atoms with Crippen LogP contribution in [0.15, 0.2) is 36.7 Å². The lowest BCUT2D eigenvalue weighted by Gasteiger charge is -2.44. The highest BCUT2D eigenvalue weighted by molar-refractivity contribution is 5.83. The number of halogens is 4. The SMILES string of the molecule is Cc1nc2c(F)cc(-c3nc(Nc4ccc(CN5CCO[C@](C)(CCN6CC(F)(F)C6)C5)cn4)ncc3F)cc2n1C(C)C. The summed E-state index contributed by atoms with van der Waals surface area (Å²) < 4.78 is 64.2. The fourth-order valence-corrected chi connectivity index (χ4v) is 6.12. The van der Waals surface area contributed by atoms with Crippen LogP contribution in [0.25, 0.3) is 22.3 Å². The number of aryl methyl sites for hydroxylation is 1. The molecule has 13 heteroatoms. The zero-order chi connectivity index (χ0) is 31.2. The van der Waals surface area contributed by atoms with Crippen LogP contribution in [0.5, 0.6) is 0 Å². The summed E-state index contributed by atoms with van der Waals surface area (Å²) >= 11 is 0. The van der Waals surface area contributed by atoms with E-state index in [4.69, 9.17) is 4.74 Å². The number of alkyl halides is 2. The molecule has 234 valence electrons. The molecule has 9 nitrogen and oxygen atoms in total. The lowest BCUT2D eigenvalue weighted by molar-refractivity contribution is -0.146. The van der Waals surface area contributed by atoms with Crippen molar-refractivity contribution in [1.29, 1.82) is 0 Å². The zero-order valence-electron chi connectivity index (χ0n) is 25.2. The van der Waals surface area contributed by atoms with E-state index in [1.165, 1.54) is 6.07 Å². The van der Waals surface area contributed by atoms with Gasteiger partial charge in [0.1, 0.15) is 22.9 Å². The van der Waals surface area contributed by atoms with Crippen molar-refractivity contribution < 1.29 is 22.3 Å². The average molecular weight is 613 g/mol. The molecule has 0 amide bonds. The molecule has 1 aromatic carbocycles. The van der Waals surface area contributed by atoms with Crippen LogP contribution in [0.2, 0.25) is 0 Å². The first-order chi connectivity index (χ1) is 20.9. The van der Waals surface area contributed by atoms with Crippen LogP contribution in [0.1, 0.15) is 44.6 Å². The second-order valence-electron chi connectivity index (χ2n) is 12.3. The Balaban J connectivity index is 1.11. The van der Waals surface area contributed by atoms with Gasteiger partial charge in [-0.15, -0.1) is 0 Å². The van der Waals surface area contributed by atoms with Gasteiger partial charge in [-0.05, 0) is 57.9 Å². The smallest absolute Gasteiger partial charge is 0.272 e. The first-order valence-electron chi connectivity index (χ1n) is 14.8. The summed E-state index contributed by atoms with van der Waals surface area (Å²) in [6, 6.07) is 6.70. The minimum absolute atomic E-state index is 0.0349. The van der Waals surface area contributed by atoms with Crippen LogP contribution in [0.3, 0.4) is 0 Å². The number of imidazole rings is 1. The number of nitrogens with zero attached hydrogens (tertiary/aromatic N) is 7. The minimum atomic E-state index is -2.56. The van der Waals surface area contributed by atoms with Crippen molar-refractivity contribution in [2.24, 2.45) is 0 Å². The van der Waals surface area contributed by atoms with E-state index in [9.17, 15) is 13.2 Å². The van der Waals surface area contributed by atoms with Gasteiger partial charge in [0.25, 0.3) is 5.92 Å². The Morgan fingerprint density at radius 3 is 2.50 bits per heavy atom. The molecule has 0 bridgehead atoms. The van der Waals surface area contributed by atoms with Crippen molar-refractivity contribution in [3.8, 4) is 11.3 Å². The molecule has 2 aliphatic heterocycles. The van der Waals surface area contributed by atoms with E-state index in [1.807, 2.05) is 38.3 Å². The molecule has 2 aliphatic rings. The highest BCUT2D eigenvalue weighted by atomic mass is 19.3. The van der Waals surface area contributed by atoms with Crippen LogP contribution >= 0.6 is 0 Å². The largest absolute Gasteiger partial charge is 0.373 e. The number of hydrogen-bond acceptors (Lipinski definition) is 8. The summed E-state index contributed by atoms with van der Waals surface area (Å²) in [6.45, 7) is 10.7. The lowest BCUT2D eigenvalue weighted by atomic mass is 9.97. The number of likely N-dealkylation sites (tertiary alicyclic amines) is 1. The second-order valence-corrected chi connectivity index (χ2v) is 12.3. The Morgan fingerprint density at radius 2 is 1.80 bits per heavy atom. The standard InChI is InChI=1S/C31H36F4N8O/c1-19(2)43-20(3)38-28-23(32)11-22(12-25(28)43)27-24(33)14-37-29(40-27)39-26-6-5-21(13-36-26)15-41-9-10-44-30(4,16-41)7-8-42-17-31(34,35)18-42/h5-6,11-14,19H,7-10,15-18H2,1-4H3,(H,36,37,39,40)/t30-/m1/s1. The Morgan fingerprint density at radius 1 is 1.00 bits per heavy atom. The molecule has 6 rings (SSSR count). The van der Waals surface area contributed by atoms with Crippen LogP contribution in [0, 0.1) is 18.6 Å². The number of anilines is 2. The molecule has 1 atom stereocenters. The van der Waals surface area contributed by atoms with E-state index >= 15 is 4.39 Å². The number of ether oxygens (including phenoxy) is 1. The van der Waals surface area contributed by atoms with Crippen molar-refractivity contribution in [3.63, 3.8) is 0 Å². The van der Waals surface area contributed by atoms with Gasteiger partial charge in [-0.2, -0.15) is 0 Å². The maximum Gasteiger partial charge on any atom is 0.272 e. The van der Waals surface area contributed by atoms with Crippen LogP contribution in [0.4, 0.5) is 29.3 Å². The third-order valence-corrected chi connectivity index (χ3v) is 8.21. The summed E-state index contributed by atoms with van der Waals surface area (Å²) in [5, 5.41) is 3.01. The molecule has 2 saturated heterocycles. The van der Waals surface area contributed by atoms with Gasteiger partial charge >= 0.3 is 0 Å². The second kappa shape index (κ2) is 11.7. The highest BCUT2D eigenvalue weighted by Crippen LogP contribution is 2.31. The molecule has 1 N–H and O–H groups in total. The molecule has 4 aromatic rings.